The van der Waals surface area contributed by atoms with Crippen LogP contribution >= 0.6 is 0 Å². The molecule has 0 spiro atoms. The highest BCUT2D eigenvalue weighted by atomic mass is 19.1. The van der Waals surface area contributed by atoms with Crippen LogP contribution in [0.15, 0.2) is 29.3 Å². The van der Waals surface area contributed by atoms with Gasteiger partial charge in [0.1, 0.15) is 35.6 Å². The molecule has 51 heavy (non-hydrogen) atoms. The molecule has 1 aliphatic carbocycles. The molecule has 1 aromatic heterocycles. The van der Waals surface area contributed by atoms with Crippen LogP contribution in [0, 0.1) is 35.1 Å². The summed E-state index contributed by atoms with van der Waals surface area (Å²) in [5, 5.41) is 35.8. The maximum atomic E-state index is 17.4. The fourth-order valence-electron chi connectivity index (χ4n) is 8.37. The molecule has 4 unspecified atom stereocenters. The summed E-state index contributed by atoms with van der Waals surface area (Å²) in [7, 11) is 1.39. The summed E-state index contributed by atoms with van der Waals surface area (Å²) in [5.74, 6) is 1.98. The van der Waals surface area contributed by atoms with Crippen molar-refractivity contribution in [3.05, 3.63) is 52.5 Å². The molecule has 2 saturated heterocycles. The second-order valence-electron chi connectivity index (χ2n) is 13.7. The third-order valence-corrected chi connectivity index (χ3v) is 10.8. The van der Waals surface area contributed by atoms with Crippen molar-refractivity contribution < 1.29 is 37.9 Å². The normalized spacial score (nSPS) is 28.8. The van der Waals surface area contributed by atoms with E-state index in [9.17, 15) is 15.5 Å². The van der Waals surface area contributed by atoms with Crippen LogP contribution < -0.4 is 15.0 Å². The van der Waals surface area contributed by atoms with Crippen LogP contribution in [0.5, 0.6) is 11.8 Å². The highest BCUT2D eigenvalue weighted by Gasteiger charge is 2.59. The number of nitrogens with zero attached hydrogens (tertiary/aromatic N) is 5. The number of rotatable bonds is 7. The van der Waals surface area contributed by atoms with E-state index < -0.39 is 34.8 Å². The lowest BCUT2D eigenvalue weighted by Gasteiger charge is -2.47. The van der Waals surface area contributed by atoms with Crippen LogP contribution in [-0.2, 0) is 20.6 Å². The first kappa shape index (κ1) is 34.7. The van der Waals surface area contributed by atoms with Gasteiger partial charge < -0.3 is 34.1 Å². The minimum atomic E-state index is -1.93. The summed E-state index contributed by atoms with van der Waals surface area (Å²) in [5.41, 5.74) is -2.50. The first-order valence-electron chi connectivity index (χ1n) is 17.2. The number of benzene rings is 2. The lowest BCUT2D eigenvalue weighted by molar-refractivity contribution is -0.127. The zero-order valence-electron chi connectivity index (χ0n) is 28.5. The van der Waals surface area contributed by atoms with Gasteiger partial charge >= 0.3 is 6.01 Å². The molecule has 14 heteroatoms. The standard InChI is InChI=1S/C37H40F2N6O6/c1-4-24-26(38)9-8-22-16-23(46)17-25(27(22)24)30-29(39)31-28(33(42-30)48-3)32(45-14-15-49-20-36(47,5-2)18-45)44-34(43-31)50-19-35-10-6-12-37(35,51-21-40)41-13-7-11-35/h2,8-9,16-17,29-30,41,46-47H,4,6-7,10-15,18-20H2,1,3H3/t29?,30?,35?,36-,37?/m0/s1. The van der Waals surface area contributed by atoms with E-state index in [1.807, 2.05) is 6.26 Å². The summed E-state index contributed by atoms with van der Waals surface area (Å²) in [6, 6.07) is 4.31. The molecule has 7 rings (SSSR count). The maximum absolute atomic E-state index is 17.4. The monoisotopic (exact) mass is 702 g/mol. The van der Waals surface area contributed by atoms with Crippen molar-refractivity contribution in [2.75, 3.05) is 51.5 Å². The maximum Gasteiger partial charge on any atom is 0.318 e. The molecule has 0 bridgehead atoms. The van der Waals surface area contributed by atoms with Gasteiger partial charge in [0, 0.05) is 13.0 Å². The van der Waals surface area contributed by atoms with Gasteiger partial charge in [-0.2, -0.15) is 15.2 Å². The van der Waals surface area contributed by atoms with E-state index in [1.54, 1.807) is 11.8 Å². The lowest BCUT2D eigenvalue weighted by atomic mass is 9.73. The number of β-amino-alcohol motifs (C(OH)–C–C–N with tert-alkyl or cyclic N) is 1. The number of fused-ring (bicyclic) bond motifs is 3. The molecule has 0 amide bonds. The third-order valence-electron chi connectivity index (χ3n) is 10.8. The first-order chi connectivity index (χ1) is 24.6. The Bertz CT molecular complexity index is 1970. The van der Waals surface area contributed by atoms with Gasteiger partial charge in [0.05, 0.1) is 38.0 Å². The van der Waals surface area contributed by atoms with Crippen molar-refractivity contribution in [2.45, 2.75) is 69.0 Å². The number of halogens is 2. The van der Waals surface area contributed by atoms with Crippen LogP contribution in [0.25, 0.3) is 10.8 Å². The van der Waals surface area contributed by atoms with Gasteiger partial charge in [0.25, 0.3) is 6.26 Å². The van der Waals surface area contributed by atoms with E-state index in [0.717, 1.165) is 25.7 Å². The van der Waals surface area contributed by atoms with Crippen molar-refractivity contribution in [3.8, 4) is 30.4 Å². The molecule has 3 fully saturated rings. The van der Waals surface area contributed by atoms with Gasteiger partial charge in [0.2, 0.25) is 5.90 Å². The van der Waals surface area contributed by atoms with Crippen LogP contribution in [0.3, 0.4) is 0 Å². The Morgan fingerprint density at radius 1 is 1.22 bits per heavy atom. The van der Waals surface area contributed by atoms with E-state index >= 15 is 8.78 Å². The number of aliphatic imine (C=N–C) groups is 1. The Balaban J connectivity index is 1.37. The number of phenols is 1. The highest BCUT2D eigenvalue weighted by molar-refractivity contribution is 6.02. The molecule has 2 aromatic carbocycles. The van der Waals surface area contributed by atoms with Gasteiger partial charge in [0.15, 0.2) is 17.5 Å². The number of ether oxygens (including phenoxy) is 4. The Labute approximate surface area is 294 Å². The quantitative estimate of drug-likeness (QED) is 0.235. The SMILES string of the molecule is C#C[C@@]1(O)COCCN(c2nc(OCC34CCCNC3(OC#N)CCC4)nc3c2C(OC)=NC(c2cc(O)cc4ccc(F)c(CC)c24)C3F)C1. The summed E-state index contributed by atoms with van der Waals surface area (Å²) in [4.78, 5) is 15.8. The van der Waals surface area contributed by atoms with E-state index in [2.05, 4.69) is 16.2 Å². The average Bonchev–Trinajstić information content (AvgIpc) is 3.39. The van der Waals surface area contributed by atoms with Crippen molar-refractivity contribution in [2.24, 2.45) is 10.4 Å². The number of piperidine rings is 1. The van der Waals surface area contributed by atoms with E-state index in [4.69, 9.17) is 35.3 Å². The Hall–Kier alpha value is -4.76. The number of terminal acetylenes is 1. The molecule has 3 aliphatic heterocycles. The first-order valence-corrected chi connectivity index (χ1v) is 17.2. The van der Waals surface area contributed by atoms with Crippen LogP contribution in [0.4, 0.5) is 14.6 Å². The van der Waals surface area contributed by atoms with Gasteiger partial charge in [-0.1, -0.05) is 18.9 Å². The number of alkyl halides is 1. The second-order valence-corrected chi connectivity index (χ2v) is 13.7. The van der Waals surface area contributed by atoms with Crippen molar-refractivity contribution in [3.63, 3.8) is 0 Å². The largest absolute Gasteiger partial charge is 0.508 e. The lowest BCUT2D eigenvalue weighted by Crippen LogP contribution is -2.61. The van der Waals surface area contributed by atoms with E-state index in [0.29, 0.717) is 35.7 Å². The predicted octanol–water partition coefficient (Wildman–Crippen LogP) is 4.52. The minimum absolute atomic E-state index is 0.00175. The number of aliphatic hydroxyl groups is 1. The number of methoxy groups -OCH3 is 1. The average molecular weight is 703 g/mol. The zero-order valence-corrected chi connectivity index (χ0v) is 28.5. The summed E-state index contributed by atoms with van der Waals surface area (Å²) >= 11 is 0. The van der Waals surface area contributed by atoms with Crippen molar-refractivity contribution in [1.82, 2.24) is 15.3 Å². The van der Waals surface area contributed by atoms with Crippen molar-refractivity contribution >= 4 is 22.5 Å². The van der Waals surface area contributed by atoms with E-state index in [-0.39, 0.29) is 73.2 Å². The molecule has 4 aliphatic rings. The minimum Gasteiger partial charge on any atom is -0.508 e. The molecule has 5 atom stereocenters. The molecule has 12 nitrogen and oxygen atoms in total. The third kappa shape index (κ3) is 5.85. The van der Waals surface area contributed by atoms with Crippen molar-refractivity contribution in [1.29, 1.82) is 5.26 Å². The number of anilines is 1. The van der Waals surface area contributed by atoms with Crippen LogP contribution in [0.1, 0.15) is 73.6 Å². The number of phenolic OH excluding ortho intramolecular Hbond substituents is 1. The smallest absolute Gasteiger partial charge is 0.318 e. The second kappa shape index (κ2) is 13.4. The van der Waals surface area contributed by atoms with Gasteiger partial charge in [-0.05, 0) is 78.7 Å². The highest BCUT2D eigenvalue weighted by Crippen LogP contribution is 2.53. The number of nitriles is 1. The molecule has 3 aromatic rings. The molecule has 3 N–H and O–H groups in total. The Morgan fingerprint density at radius 3 is 2.80 bits per heavy atom. The Morgan fingerprint density at radius 2 is 2.04 bits per heavy atom. The number of hydrogen-bond donors (Lipinski definition) is 3. The molecule has 1 saturated carbocycles. The van der Waals surface area contributed by atoms with Crippen LogP contribution in [-0.4, -0.2) is 84.0 Å². The summed E-state index contributed by atoms with van der Waals surface area (Å²) < 4.78 is 56.0. The van der Waals surface area contributed by atoms with Gasteiger partial charge in [-0.3, -0.25) is 5.32 Å². The predicted molar refractivity (Wildman–Crippen MR) is 182 cm³/mol. The molecular weight excluding hydrogens is 662 g/mol. The number of aryl methyl sites for hydroxylation is 1. The summed E-state index contributed by atoms with van der Waals surface area (Å²) in [6.45, 7) is 2.76. The number of nitrogens with one attached hydrogen (secondary N) is 1. The molecular formula is C37H40F2N6O6. The summed E-state index contributed by atoms with van der Waals surface area (Å²) in [6.07, 6.45) is 9.71. The molecule has 0 radical (unpaired) electrons. The number of aromatic hydroxyl groups is 1. The topological polar surface area (TPSA) is 155 Å². The fourth-order valence-corrected chi connectivity index (χ4v) is 8.37. The fraction of sp³-hybridized carbons (Fsp3) is 0.514. The molecule has 4 heterocycles. The number of aromatic nitrogens is 2. The zero-order chi connectivity index (χ0) is 36.0. The van der Waals surface area contributed by atoms with Gasteiger partial charge in [-0.15, -0.1) is 6.42 Å². The Kier molecular flexibility index (Phi) is 9.12. The van der Waals surface area contributed by atoms with E-state index in [1.165, 1.54) is 31.4 Å². The number of hydrogen-bond acceptors (Lipinski definition) is 12. The molecule has 268 valence electrons. The van der Waals surface area contributed by atoms with Crippen LogP contribution in [0.2, 0.25) is 0 Å². The van der Waals surface area contributed by atoms with Gasteiger partial charge in [-0.25, -0.2) is 13.8 Å².